The minimum absolute atomic E-state index is 0.0139. The lowest BCUT2D eigenvalue weighted by molar-refractivity contribution is -0.136. The second-order valence-corrected chi connectivity index (χ2v) is 7.19. The predicted molar refractivity (Wildman–Crippen MR) is 90.1 cm³/mol. The van der Waals surface area contributed by atoms with E-state index in [1.54, 1.807) is 6.08 Å². The molecule has 2 aromatic rings. The van der Waals surface area contributed by atoms with Crippen LogP contribution in [0.3, 0.4) is 0 Å². The second kappa shape index (κ2) is 5.60. The van der Waals surface area contributed by atoms with Crippen molar-refractivity contribution in [1.29, 1.82) is 0 Å². The van der Waals surface area contributed by atoms with Gasteiger partial charge in [-0.2, -0.15) is 0 Å². The van der Waals surface area contributed by atoms with Crippen molar-refractivity contribution in [2.45, 2.75) is 13.8 Å². The van der Waals surface area contributed by atoms with Gasteiger partial charge in [0.2, 0.25) is 0 Å². The van der Waals surface area contributed by atoms with Gasteiger partial charge < -0.3 is 4.74 Å². The number of carbonyl (C=O) groups excluding carboxylic acids is 1. The first-order valence-electron chi connectivity index (χ1n) is 7.13. The molecule has 0 bridgehead atoms. The summed E-state index contributed by atoms with van der Waals surface area (Å²) in [5.74, 6) is 0.140. The Balaban J connectivity index is 1.84. The van der Waals surface area contributed by atoms with E-state index in [9.17, 15) is 4.79 Å². The number of hydrogen-bond donors (Lipinski definition) is 0. The Hall–Kier alpha value is -1.51. The van der Waals surface area contributed by atoms with Crippen molar-refractivity contribution in [3.05, 3.63) is 53.0 Å². The van der Waals surface area contributed by atoms with Crippen molar-refractivity contribution in [1.82, 2.24) is 0 Å². The maximum Gasteiger partial charge on any atom is 0.315 e. The molecule has 1 saturated carbocycles. The molecule has 1 fully saturated rings. The molecule has 1 aliphatic carbocycles. The highest BCUT2D eigenvalue weighted by Crippen LogP contribution is 2.60. The van der Waals surface area contributed by atoms with Gasteiger partial charge >= 0.3 is 5.97 Å². The number of rotatable bonds is 3. The van der Waals surface area contributed by atoms with Gasteiger partial charge in [-0.15, -0.1) is 0 Å². The number of benzene rings is 2. The number of fused-ring (bicyclic) bond motifs is 1. The van der Waals surface area contributed by atoms with Crippen molar-refractivity contribution in [3.63, 3.8) is 0 Å². The third-order valence-electron chi connectivity index (χ3n) is 4.43. The highest BCUT2D eigenvalue weighted by molar-refractivity contribution is 6.55. The van der Waals surface area contributed by atoms with Gasteiger partial charge in [-0.3, -0.25) is 4.79 Å². The van der Waals surface area contributed by atoms with Crippen LogP contribution < -0.4 is 4.74 Å². The fraction of sp³-hybridized carbons (Fsp3) is 0.278. The Morgan fingerprint density at radius 3 is 2.55 bits per heavy atom. The van der Waals surface area contributed by atoms with Crippen LogP contribution in [0.4, 0.5) is 0 Å². The Morgan fingerprint density at radius 2 is 1.82 bits per heavy atom. The smallest absolute Gasteiger partial charge is 0.315 e. The summed E-state index contributed by atoms with van der Waals surface area (Å²) in [5, 5.41) is 1.97. The lowest BCUT2D eigenvalue weighted by Gasteiger charge is -2.08. The maximum absolute atomic E-state index is 12.5. The molecular weight excluding hydrogens is 319 g/mol. The van der Waals surface area contributed by atoms with Crippen molar-refractivity contribution in [3.8, 4) is 5.75 Å². The van der Waals surface area contributed by atoms with Crippen LogP contribution in [0.1, 0.15) is 13.8 Å². The van der Waals surface area contributed by atoms with Crippen LogP contribution in [0.25, 0.3) is 10.8 Å². The average Bonchev–Trinajstić information content (AvgIpc) is 2.99. The molecule has 4 heteroatoms. The minimum atomic E-state index is -0.239. The molecule has 2 atom stereocenters. The van der Waals surface area contributed by atoms with Crippen molar-refractivity contribution in [2.75, 3.05) is 0 Å². The van der Waals surface area contributed by atoms with Gasteiger partial charge in [0.25, 0.3) is 0 Å². The topological polar surface area (TPSA) is 26.3 Å². The third kappa shape index (κ3) is 2.73. The first-order valence-corrected chi connectivity index (χ1v) is 7.89. The van der Waals surface area contributed by atoms with E-state index in [0.29, 0.717) is 5.75 Å². The van der Waals surface area contributed by atoms with Gasteiger partial charge in [0.15, 0.2) is 0 Å². The van der Waals surface area contributed by atoms with Gasteiger partial charge in [0.1, 0.15) is 10.2 Å². The number of carbonyl (C=O) groups is 1. The highest BCUT2D eigenvalue weighted by atomic mass is 35.5. The van der Waals surface area contributed by atoms with E-state index in [4.69, 9.17) is 27.9 Å². The van der Waals surface area contributed by atoms with Crippen molar-refractivity contribution in [2.24, 2.45) is 17.3 Å². The molecule has 0 N–H and O–H groups in total. The lowest BCUT2D eigenvalue weighted by Crippen LogP contribution is -2.14. The van der Waals surface area contributed by atoms with Gasteiger partial charge in [0, 0.05) is 5.39 Å². The van der Waals surface area contributed by atoms with Crippen LogP contribution in [0, 0.1) is 17.3 Å². The summed E-state index contributed by atoms with van der Waals surface area (Å²) >= 11 is 11.4. The summed E-state index contributed by atoms with van der Waals surface area (Å²) in [7, 11) is 0. The molecule has 0 saturated heterocycles. The van der Waals surface area contributed by atoms with Crippen molar-refractivity contribution >= 4 is 39.9 Å². The number of halogens is 2. The normalized spacial score (nSPS) is 22.2. The Labute approximate surface area is 139 Å². The molecule has 0 heterocycles. The number of esters is 1. The van der Waals surface area contributed by atoms with Gasteiger partial charge in [-0.05, 0) is 28.9 Å². The van der Waals surface area contributed by atoms with Gasteiger partial charge in [-0.25, -0.2) is 0 Å². The Kier molecular flexibility index (Phi) is 3.92. The van der Waals surface area contributed by atoms with Crippen molar-refractivity contribution < 1.29 is 9.53 Å². The number of ether oxygens (including phenoxy) is 1. The summed E-state index contributed by atoms with van der Waals surface area (Å²) < 4.78 is 5.84. The second-order valence-electron chi connectivity index (χ2n) is 6.18. The minimum Gasteiger partial charge on any atom is -0.426 e. The van der Waals surface area contributed by atoms with E-state index in [-0.39, 0.29) is 27.7 Å². The molecule has 2 aromatic carbocycles. The molecule has 1 aliphatic rings. The van der Waals surface area contributed by atoms with E-state index in [0.717, 1.165) is 10.8 Å². The third-order valence-corrected chi connectivity index (χ3v) is 4.68. The fourth-order valence-electron chi connectivity index (χ4n) is 3.03. The summed E-state index contributed by atoms with van der Waals surface area (Å²) in [5.41, 5.74) is -0.184. The first kappa shape index (κ1) is 15.4. The van der Waals surface area contributed by atoms with E-state index < -0.39 is 0 Å². The van der Waals surface area contributed by atoms with Crippen LogP contribution in [-0.2, 0) is 4.79 Å². The van der Waals surface area contributed by atoms with Gasteiger partial charge in [-0.1, -0.05) is 73.4 Å². The zero-order valence-corrected chi connectivity index (χ0v) is 13.9. The van der Waals surface area contributed by atoms with E-state index in [2.05, 4.69) is 0 Å². The van der Waals surface area contributed by atoms with E-state index >= 15 is 0 Å². The number of hydrogen-bond acceptors (Lipinski definition) is 2. The predicted octanol–water partition coefficient (Wildman–Crippen LogP) is 5.34. The largest absolute Gasteiger partial charge is 0.426 e. The summed E-state index contributed by atoms with van der Waals surface area (Å²) in [6.45, 7) is 4.03. The first-order chi connectivity index (χ1) is 10.4. The van der Waals surface area contributed by atoms with Crippen LogP contribution >= 0.6 is 23.2 Å². The fourth-order valence-corrected chi connectivity index (χ4v) is 3.30. The SMILES string of the molecule is CC1(C)[C@H](C(=O)Oc2cccc3ccccc23)[C@@H]1C=C(Cl)Cl. The zero-order chi connectivity index (χ0) is 15.9. The summed E-state index contributed by atoms with van der Waals surface area (Å²) in [6.07, 6.45) is 1.72. The van der Waals surface area contributed by atoms with Crippen LogP contribution in [-0.4, -0.2) is 5.97 Å². The molecule has 0 spiro atoms. The van der Waals surface area contributed by atoms with Crippen LogP contribution in [0.2, 0.25) is 0 Å². The van der Waals surface area contributed by atoms with E-state index in [1.807, 2.05) is 56.3 Å². The summed E-state index contributed by atoms with van der Waals surface area (Å²) in [6, 6.07) is 13.5. The summed E-state index contributed by atoms with van der Waals surface area (Å²) in [4.78, 5) is 12.5. The molecule has 0 radical (unpaired) electrons. The molecule has 0 unspecified atom stereocenters. The molecular formula is C18H16Cl2O2. The quantitative estimate of drug-likeness (QED) is 0.559. The van der Waals surface area contributed by atoms with Gasteiger partial charge in [0.05, 0.1) is 5.92 Å². The molecule has 3 rings (SSSR count). The lowest BCUT2D eigenvalue weighted by atomic mass is 10.1. The number of allylic oxidation sites excluding steroid dienone is 1. The molecule has 0 aromatic heterocycles. The molecule has 0 aliphatic heterocycles. The monoisotopic (exact) mass is 334 g/mol. The van der Waals surface area contributed by atoms with Crippen LogP contribution in [0.15, 0.2) is 53.0 Å². The maximum atomic E-state index is 12.5. The Bertz CT molecular complexity index is 755. The molecule has 2 nitrogen and oxygen atoms in total. The van der Waals surface area contributed by atoms with Crippen LogP contribution in [0.5, 0.6) is 5.75 Å². The highest BCUT2D eigenvalue weighted by Gasteiger charge is 2.61. The molecule has 22 heavy (non-hydrogen) atoms. The Morgan fingerprint density at radius 1 is 1.14 bits per heavy atom. The average molecular weight is 335 g/mol. The molecule has 114 valence electrons. The molecule has 0 amide bonds. The van der Waals surface area contributed by atoms with E-state index in [1.165, 1.54) is 0 Å². The standard InChI is InChI=1S/C18H16Cl2O2/c1-18(2)13(10-15(19)20)16(18)17(21)22-14-9-5-7-11-6-3-4-8-12(11)14/h3-10,13,16H,1-2H3/t13-,16-/m0/s1. The zero-order valence-electron chi connectivity index (χ0n) is 12.3.